The van der Waals surface area contributed by atoms with E-state index in [1.807, 2.05) is 12.1 Å². The van der Waals surface area contributed by atoms with Crippen LogP contribution in [0.15, 0.2) is 33.9 Å². The molecule has 0 saturated carbocycles. The minimum absolute atomic E-state index is 0.189. The minimum atomic E-state index is -0.366. The number of anilines is 1. The normalized spacial score (nSPS) is 15.3. The molecule has 0 bridgehead atoms. The van der Waals surface area contributed by atoms with Crippen molar-refractivity contribution in [3.8, 4) is 0 Å². The number of rotatable bonds is 3. The summed E-state index contributed by atoms with van der Waals surface area (Å²) >= 11 is 0. The Hall–Kier alpha value is -3.23. The van der Waals surface area contributed by atoms with Crippen molar-refractivity contribution in [2.45, 2.75) is 25.8 Å². The Kier molecular flexibility index (Phi) is 4.11. The van der Waals surface area contributed by atoms with Gasteiger partial charge in [-0.15, -0.1) is 5.10 Å². The minimum Gasteiger partial charge on any atom is -0.442 e. The number of furan rings is 1. The number of likely N-dealkylation sites (tertiary alicyclic amines) is 1. The second-order valence-corrected chi connectivity index (χ2v) is 6.26. The van der Waals surface area contributed by atoms with Crippen LogP contribution in [-0.2, 0) is 0 Å². The van der Waals surface area contributed by atoms with Crippen molar-refractivity contribution in [3.05, 3.63) is 46.3 Å². The number of aryl methyl sites for hydroxylation is 1. The number of hydrogen-bond acceptors (Lipinski definition) is 7. The van der Waals surface area contributed by atoms with Gasteiger partial charge in [0.1, 0.15) is 17.0 Å². The number of nitrogens with zero attached hydrogens (tertiary/aromatic N) is 4. The molecule has 3 aromatic rings. The van der Waals surface area contributed by atoms with Crippen molar-refractivity contribution < 1.29 is 9.21 Å². The van der Waals surface area contributed by atoms with Gasteiger partial charge in [0.15, 0.2) is 0 Å². The van der Waals surface area contributed by atoms with Crippen LogP contribution in [0, 0.1) is 6.92 Å². The lowest BCUT2D eigenvalue weighted by Crippen LogP contribution is -2.42. The third kappa shape index (κ3) is 2.92. The number of aromatic amines is 1. The SMILES string of the molecule is Cc1oc2nc[nH]c(=O)c2c1C(=O)N1CCC(Nc2cccnn2)CC1. The molecule has 1 saturated heterocycles. The molecule has 134 valence electrons. The van der Waals surface area contributed by atoms with Crippen molar-refractivity contribution >= 4 is 22.8 Å². The van der Waals surface area contributed by atoms with Crippen LogP contribution in [0.3, 0.4) is 0 Å². The van der Waals surface area contributed by atoms with E-state index in [1.165, 1.54) is 6.33 Å². The standard InChI is InChI=1S/C17H18N6O3/c1-10-13(14-15(24)18-9-19-16(14)26-10)17(25)23-7-4-11(5-8-23)21-12-3-2-6-20-22-12/h2-3,6,9,11H,4-5,7-8H2,1H3,(H,21,22)(H,18,19,24). The Bertz CT molecular complexity index is 989. The van der Waals surface area contributed by atoms with E-state index in [1.54, 1.807) is 18.0 Å². The quantitative estimate of drug-likeness (QED) is 0.728. The van der Waals surface area contributed by atoms with Gasteiger partial charge >= 0.3 is 0 Å². The summed E-state index contributed by atoms with van der Waals surface area (Å²) in [7, 11) is 0. The zero-order valence-corrected chi connectivity index (χ0v) is 14.2. The summed E-state index contributed by atoms with van der Waals surface area (Å²) in [6.07, 6.45) is 4.46. The Balaban J connectivity index is 1.49. The van der Waals surface area contributed by atoms with Crippen LogP contribution < -0.4 is 10.9 Å². The van der Waals surface area contributed by atoms with Crippen LogP contribution >= 0.6 is 0 Å². The van der Waals surface area contributed by atoms with E-state index in [-0.39, 0.29) is 28.6 Å². The predicted molar refractivity (Wildman–Crippen MR) is 93.9 cm³/mol. The molecule has 1 fully saturated rings. The molecule has 1 aliphatic heterocycles. The molecule has 0 unspecified atom stereocenters. The molecule has 26 heavy (non-hydrogen) atoms. The van der Waals surface area contributed by atoms with Crippen LogP contribution in [0.1, 0.15) is 29.0 Å². The van der Waals surface area contributed by atoms with E-state index in [4.69, 9.17) is 4.42 Å². The van der Waals surface area contributed by atoms with Crippen LogP contribution in [0.4, 0.5) is 5.82 Å². The van der Waals surface area contributed by atoms with Gasteiger partial charge in [-0.3, -0.25) is 9.59 Å². The number of hydrogen-bond donors (Lipinski definition) is 2. The van der Waals surface area contributed by atoms with Gasteiger partial charge in [-0.1, -0.05) is 0 Å². The largest absolute Gasteiger partial charge is 0.442 e. The lowest BCUT2D eigenvalue weighted by molar-refractivity contribution is 0.0718. The van der Waals surface area contributed by atoms with Gasteiger partial charge in [-0.2, -0.15) is 5.10 Å². The molecule has 0 radical (unpaired) electrons. The Morgan fingerprint density at radius 1 is 1.38 bits per heavy atom. The molecule has 0 atom stereocenters. The number of piperidine rings is 1. The molecule has 0 spiro atoms. The highest BCUT2D eigenvalue weighted by molar-refractivity contribution is 6.06. The monoisotopic (exact) mass is 354 g/mol. The third-order valence-electron chi connectivity index (χ3n) is 4.59. The molecule has 3 aromatic heterocycles. The molecule has 0 aromatic carbocycles. The summed E-state index contributed by atoms with van der Waals surface area (Å²) in [6, 6.07) is 3.92. The van der Waals surface area contributed by atoms with Crippen LogP contribution in [0.5, 0.6) is 0 Å². The maximum absolute atomic E-state index is 13.0. The molecule has 2 N–H and O–H groups in total. The number of nitrogens with one attached hydrogen (secondary N) is 2. The molecule has 4 heterocycles. The Morgan fingerprint density at radius 2 is 2.19 bits per heavy atom. The number of carbonyl (C=O) groups excluding carboxylic acids is 1. The molecule has 1 amide bonds. The lowest BCUT2D eigenvalue weighted by atomic mass is 10.0. The maximum atomic E-state index is 13.0. The number of H-pyrrole nitrogens is 1. The first kappa shape index (κ1) is 16.2. The maximum Gasteiger partial charge on any atom is 0.262 e. The Labute approximate surface area is 148 Å². The average Bonchev–Trinajstić information content (AvgIpc) is 3.00. The average molecular weight is 354 g/mol. The molecule has 4 rings (SSSR count). The zero-order valence-electron chi connectivity index (χ0n) is 14.2. The van der Waals surface area contributed by atoms with Crippen LogP contribution in [-0.4, -0.2) is 50.1 Å². The lowest BCUT2D eigenvalue weighted by Gasteiger charge is -2.32. The first-order valence-electron chi connectivity index (χ1n) is 8.44. The van der Waals surface area contributed by atoms with E-state index < -0.39 is 0 Å². The van der Waals surface area contributed by atoms with Gasteiger partial charge in [0.2, 0.25) is 5.71 Å². The first-order chi connectivity index (χ1) is 12.6. The second-order valence-electron chi connectivity index (χ2n) is 6.26. The summed E-state index contributed by atoms with van der Waals surface area (Å²) in [4.78, 5) is 33.3. The van der Waals surface area contributed by atoms with Crippen molar-refractivity contribution in [3.63, 3.8) is 0 Å². The highest BCUT2D eigenvalue weighted by Crippen LogP contribution is 2.24. The van der Waals surface area contributed by atoms with Gasteiger partial charge in [0, 0.05) is 25.3 Å². The first-order valence-corrected chi connectivity index (χ1v) is 8.44. The highest BCUT2D eigenvalue weighted by Gasteiger charge is 2.29. The third-order valence-corrected chi connectivity index (χ3v) is 4.59. The fraction of sp³-hybridized carbons (Fsp3) is 0.353. The van der Waals surface area contributed by atoms with Crippen molar-refractivity contribution in [2.75, 3.05) is 18.4 Å². The van der Waals surface area contributed by atoms with Crippen molar-refractivity contribution in [1.82, 2.24) is 25.1 Å². The summed E-state index contributed by atoms with van der Waals surface area (Å²) in [5.74, 6) is 0.943. The number of aromatic nitrogens is 4. The second kappa shape index (κ2) is 6.58. The number of amides is 1. The fourth-order valence-electron chi connectivity index (χ4n) is 3.28. The molecule has 9 heteroatoms. The molecule has 1 aliphatic rings. The number of fused-ring (bicyclic) bond motifs is 1. The highest BCUT2D eigenvalue weighted by atomic mass is 16.3. The predicted octanol–water partition coefficient (Wildman–Crippen LogP) is 1.33. The topological polar surface area (TPSA) is 117 Å². The zero-order chi connectivity index (χ0) is 18.1. The van der Waals surface area contributed by atoms with E-state index >= 15 is 0 Å². The Morgan fingerprint density at radius 3 is 2.92 bits per heavy atom. The molecule has 0 aliphatic carbocycles. The number of carbonyl (C=O) groups is 1. The van der Waals surface area contributed by atoms with Crippen molar-refractivity contribution in [1.29, 1.82) is 0 Å². The van der Waals surface area contributed by atoms with Crippen LogP contribution in [0.2, 0.25) is 0 Å². The van der Waals surface area contributed by atoms with Gasteiger partial charge in [-0.05, 0) is 31.9 Å². The van der Waals surface area contributed by atoms with Gasteiger partial charge in [0.05, 0.1) is 11.9 Å². The van der Waals surface area contributed by atoms with E-state index in [2.05, 4.69) is 25.5 Å². The van der Waals surface area contributed by atoms with Gasteiger partial charge < -0.3 is 19.6 Å². The summed E-state index contributed by atoms with van der Waals surface area (Å²) in [5.41, 5.74) is 0.123. The van der Waals surface area contributed by atoms with E-state index in [0.717, 1.165) is 18.7 Å². The van der Waals surface area contributed by atoms with E-state index in [0.29, 0.717) is 24.4 Å². The summed E-state index contributed by atoms with van der Waals surface area (Å²) in [5, 5.41) is 11.4. The van der Waals surface area contributed by atoms with Gasteiger partial charge in [0.25, 0.3) is 11.5 Å². The van der Waals surface area contributed by atoms with Gasteiger partial charge in [-0.25, -0.2) is 4.98 Å². The fourth-order valence-corrected chi connectivity index (χ4v) is 3.28. The van der Waals surface area contributed by atoms with E-state index in [9.17, 15) is 9.59 Å². The molecule has 9 nitrogen and oxygen atoms in total. The smallest absolute Gasteiger partial charge is 0.262 e. The van der Waals surface area contributed by atoms with Crippen molar-refractivity contribution in [2.24, 2.45) is 0 Å². The van der Waals surface area contributed by atoms with Crippen LogP contribution in [0.25, 0.3) is 11.1 Å². The molecular weight excluding hydrogens is 336 g/mol. The summed E-state index contributed by atoms with van der Waals surface area (Å²) in [6.45, 7) is 2.85. The summed E-state index contributed by atoms with van der Waals surface area (Å²) < 4.78 is 5.49. The molecular formula is C17H18N6O3.